The molecule has 0 saturated carbocycles. The van der Waals surface area contributed by atoms with Gasteiger partial charge in [0, 0.05) is 12.5 Å². The van der Waals surface area contributed by atoms with Crippen molar-refractivity contribution < 1.29 is 31.5 Å². The van der Waals surface area contributed by atoms with Gasteiger partial charge in [-0.3, -0.25) is 4.79 Å². The van der Waals surface area contributed by atoms with Crippen molar-refractivity contribution in [3.8, 4) is 5.75 Å². The van der Waals surface area contributed by atoms with Gasteiger partial charge in [0.05, 0.1) is 0 Å². The van der Waals surface area contributed by atoms with Gasteiger partial charge in [-0.15, -0.1) is 0 Å². The summed E-state index contributed by atoms with van der Waals surface area (Å²) in [6.45, 7) is 3.04. The quantitative estimate of drug-likeness (QED) is 0.610. The fourth-order valence-electron chi connectivity index (χ4n) is 0.915. The van der Waals surface area contributed by atoms with Crippen molar-refractivity contribution >= 4 is 5.78 Å². The molecule has 0 bridgehead atoms. The summed E-state index contributed by atoms with van der Waals surface area (Å²) >= 11 is 0. The molecule has 0 unspecified atom stereocenters. The van der Waals surface area contributed by atoms with E-state index in [0.29, 0.717) is 0 Å². The van der Waals surface area contributed by atoms with E-state index in [-0.39, 0.29) is 5.56 Å². The Morgan fingerprint density at radius 1 is 1.06 bits per heavy atom. The van der Waals surface area contributed by atoms with Crippen LogP contribution in [0.1, 0.15) is 10.4 Å². The number of carbonyl (C=O) groups is 1. The summed E-state index contributed by atoms with van der Waals surface area (Å²) in [5.41, 5.74) is 0.0766. The van der Waals surface area contributed by atoms with Gasteiger partial charge in [0.1, 0.15) is 5.75 Å². The third kappa shape index (κ3) is 3.15. The zero-order chi connectivity index (χ0) is 13.3. The molecule has 17 heavy (non-hydrogen) atoms. The van der Waals surface area contributed by atoms with Gasteiger partial charge >= 0.3 is 12.3 Å². The number of alkyl halides is 5. The normalized spacial score (nSPS) is 12.4. The van der Waals surface area contributed by atoms with Crippen molar-refractivity contribution in [1.29, 1.82) is 0 Å². The molecule has 7 heteroatoms. The lowest BCUT2D eigenvalue weighted by atomic mass is 10.1. The maximum atomic E-state index is 12.4. The van der Waals surface area contributed by atoms with E-state index >= 15 is 0 Å². The van der Waals surface area contributed by atoms with Crippen molar-refractivity contribution in [1.82, 2.24) is 0 Å². The van der Waals surface area contributed by atoms with Crippen LogP contribution >= 0.6 is 0 Å². The highest BCUT2D eigenvalue weighted by molar-refractivity contribution is 5.99. The first kappa shape index (κ1) is 13.4. The minimum atomic E-state index is -5.80. The first-order chi connectivity index (χ1) is 7.63. The molecule has 1 radical (unpaired) electrons. The second-order valence-electron chi connectivity index (χ2n) is 3.06. The number of benzene rings is 1. The molecule has 1 aromatic rings. The Morgan fingerprint density at radius 2 is 1.53 bits per heavy atom. The second-order valence-corrected chi connectivity index (χ2v) is 3.06. The van der Waals surface area contributed by atoms with Crippen molar-refractivity contribution in [3.63, 3.8) is 0 Å². The molecule has 1 aromatic carbocycles. The zero-order valence-electron chi connectivity index (χ0n) is 8.22. The van der Waals surface area contributed by atoms with E-state index in [9.17, 15) is 26.7 Å². The first-order valence-corrected chi connectivity index (χ1v) is 4.23. The van der Waals surface area contributed by atoms with E-state index in [2.05, 4.69) is 11.7 Å². The van der Waals surface area contributed by atoms with Crippen molar-refractivity contribution in [2.75, 3.05) is 0 Å². The summed E-state index contributed by atoms with van der Waals surface area (Å²) in [6.07, 6.45) is -11.1. The van der Waals surface area contributed by atoms with Gasteiger partial charge in [-0.1, -0.05) is 0 Å². The number of ketones is 1. The molecule has 0 aromatic heterocycles. The number of carbonyl (C=O) groups excluding carboxylic acids is 1. The average Bonchev–Trinajstić information content (AvgIpc) is 2.16. The van der Waals surface area contributed by atoms with Crippen LogP contribution < -0.4 is 4.74 Å². The van der Waals surface area contributed by atoms with Gasteiger partial charge in [-0.05, 0) is 24.3 Å². The van der Waals surface area contributed by atoms with Gasteiger partial charge in [-0.25, -0.2) is 0 Å². The molecule has 1 rings (SSSR count). The van der Waals surface area contributed by atoms with Crippen molar-refractivity contribution in [3.05, 3.63) is 36.8 Å². The summed E-state index contributed by atoms with van der Waals surface area (Å²) in [5, 5.41) is 0. The lowest BCUT2D eigenvalue weighted by molar-refractivity contribution is -0.360. The van der Waals surface area contributed by atoms with E-state index in [0.717, 1.165) is 24.3 Å². The molecule has 0 saturated heterocycles. The molecule has 0 aliphatic carbocycles. The van der Waals surface area contributed by atoms with Gasteiger partial charge in [0.2, 0.25) is 0 Å². The summed E-state index contributed by atoms with van der Waals surface area (Å²) < 4.78 is 63.8. The fraction of sp³-hybridized carbons (Fsp3) is 0.200. The van der Waals surface area contributed by atoms with E-state index < -0.39 is 23.8 Å². The molecule has 0 amide bonds. The number of ether oxygens (including phenoxy) is 1. The van der Waals surface area contributed by atoms with E-state index in [1.165, 1.54) is 0 Å². The lowest BCUT2D eigenvalue weighted by Crippen LogP contribution is -2.41. The number of hydrogen-bond donors (Lipinski definition) is 0. The van der Waals surface area contributed by atoms with Gasteiger partial charge in [0.15, 0.2) is 5.78 Å². The highest BCUT2D eigenvalue weighted by Gasteiger charge is 2.61. The zero-order valence-corrected chi connectivity index (χ0v) is 8.22. The minimum Gasteiger partial charge on any atom is -0.426 e. The molecule has 93 valence electrons. The Morgan fingerprint density at radius 3 is 1.88 bits per heavy atom. The summed E-state index contributed by atoms with van der Waals surface area (Å²) in [7, 11) is 0. The van der Waals surface area contributed by atoms with Gasteiger partial charge < -0.3 is 4.74 Å². The Labute approximate surface area is 93.0 Å². The highest BCUT2D eigenvalue weighted by atomic mass is 19.4. The van der Waals surface area contributed by atoms with Crippen LogP contribution in [0.15, 0.2) is 24.3 Å². The van der Waals surface area contributed by atoms with E-state index in [4.69, 9.17) is 0 Å². The molecule has 0 spiro atoms. The van der Waals surface area contributed by atoms with Crippen LogP contribution in [0.25, 0.3) is 0 Å². The van der Waals surface area contributed by atoms with Crippen LogP contribution in [0.2, 0.25) is 0 Å². The third-order valence-corrected chi connectivity index (χ3v) is 1.75. The number of rotatable bonds is 3. The smallest absolute Gasteiger partial charge is 0.426 e. The fourth-order valence-corrected chi connectivity index (χ4v) is 0.915. The van der Waals surface area contributed by atoms with Crippen molar-refractivity contribution in [2.24, 2.45) is 0 Å². The molecule has 2 nitrogen and oxygen atoms in total. The Kier molecular flexibility index (Phi) is 3.40. The SMILES string of the molecule is [CH2]C(=O)c1ccc(OC(F)(F)C(F)(F)F)cc1. The predicted molar refractivity (Wildman–Crippen MR) is 47.8 cm³/mol. The third-order valence-electron chi connectivity index (χ3n) is 1.75. The van der Waals surface area contributed by atoms with Gasteiger partial charge in [-0.2, -0.15) is 22.0 Å². The molecule has 0 atom stereocenters. The van der Waals surface area contributed by atoms with Crippen LogP contribution in [0.5, 0.6) is 5.75 Å². The predicted octanol–water partition coefficient (Wildman–Crippen LogP) is 3.24. The molecule has 0 heterocycles. The molecule has 0 fully saturated rings. The molecule has 0 aliphatic heterocycles. The Bertz CT molecular complexity index is 408. The maximum absolute atomic E-state index is 12.4. The molecule has 0 N–H and O–H groups in total. The topological polar surface area (TPSA) is 26.3 Å². The monoisotopic (exact) mass is 253 g/mol. The highest BCUT2D eigenvalue weighted by Crippen LogP contribution is 2.37. The second kappa shape index (κ2) is 4.31. The Balaban J connectivity index is 2.86. The molecular weight excluding hydrogens is 247 g/mol. The van der Waals surface area contributed by atoms with E-state index in [1.807, 2.05) is 0 Å². The molecular formula is C10H6F5O2. The van der Waals surface area contributed by atoms with Crippen LogP contribution in [-0.2, 0) is 0 Å². The van der Waals surface area contributed by atoms with Crippen LogP contribution in [0, 0.1) is 6.92 Å². The standard InChI is InChI=1S/C10H6F5O2/c1-6(16)7-2-4-8(5-3-7)17-10(14,15)9(11,12)13/h2-5H,1H2. The first-order valence-electron chi connectivity index (χ1n) is 4.23. The Hall–Kier alpha value is -1.66. The average molecular weight is 253 g/mol. The summed E-state index contributed by atoms with van der Waals surface area (Å²) in [6, 6.07) is 3.74. The van der Waals surface area contributed by atoms with Gasteiger partial charge in [0.25, 0.3) is 0 Å². The maximum Gasteiger partial charge on any atom is 0.499 e. The van der Waals surface area contributed by atoms with Crippen molar-refractivity contribution in [2.45, 2.75) is 12.3 Å². The molecule has 0 aliphatic rings. The minimum absolute atomic E-state index is 0.0766. The largest absolute Gasteiger partial charge is 0.499 e. The summed E-state index contributed by atoms with van der Waals surface area (Å²) in [5.74, 6) is -1.28. The number of halogens is 5. The number of Topliss-reactive ketones (excluding diaryl/α,β-unsaturated/α-hetero) is 1. The number of hydrogen-bond acceptors (Lipinski definition) is 2. The van der Waals surface area contributed by atoms with Crippen LogP contribution in [0.4, 0.5) is 22.0 Å². The summed E-state index contributed by atoms with van der Waals surface area (Å²) in [4.78, 5) is 10.7. The van der Waals surface area contributed by atoms with Crippen LogP contribution in [0.3, 0.4) is 0 Å². The van der Waals surface area contributed by atoms with E-state index in [1.54, 1.807) is 0 Å². The lowest BCUT2D eigenvalue weighted by Gasteiger charge is -2.20. The van der Waals surface area contributed by atoms with Crippen LogP contribution in [-0.4, -0.2) is 18.1 Å².